The standard InChI is InChI=1S/C13H16FNO4/c1-3-15-13(18)10(7-12(16)17)9-6-8(14)4-5-11(9)19-2/h4-6,10H,3,7H2,1-2H3,(H,15,18)(H,16,17). The van der Waals surface area contributed by atoms with Crippen LogP contribution in [-0.2, 0) is 9.59 Å². The number of rotatable bonds is 6. The van der Waals surface area contributed by atoms with Crippen LogP contribution >= 0.6 is 0 Å². The maximum atomic E-state index is 13.3. The fourth-order valence-electron chi connectivity index (χ4n) is 1.79. The molecule has 0 bridgehead atoms. The lowest BCUT2D eigenvalue weighted by molar-refractivity contribution is -0.139. The van der Waals surface area contributed by atoms with Gasteiger partial charge in [0.15, 0.2) is 0 Å². The Morgan fingerprint density at radius 2 is 2.16 bits per heavy atom. The number of methoxy groups -OCH3 is 1. The summed E-state index contributed by atoms with van der Waals surface area (Å²) in [5.74, 6) is -2.84. The van der Waals surface area contributed by atoms with Crippen molar-refractivity contribution < 1.29 is 23.8 Å². The molecule has 0 spiro atoms. The number of likely N-dealkylation sites (N-methyl/N-ethyl adjacent to an activating group) is 1. The van der Waals surface area contributed by atoms with Crippen molar-refractivity contribution in [3.8, 4) is 5.75 Å². The van der Waals surface area contributed by atoms with E-state index in [1.807, 2.05) is 0 Å². The molecule has 1 rings (SSSR count). The molecule has 5 nitrogen and oxygen atoms in total. The Kier molecular flexibility index (Phi) is 5.29. The molecule has 2 N–H and O–H groups in total. The quantitative estimate of drug-likeness (QED) is 0.821. The van der Waals surface area contributed by atoms with Gasteiger partial charge in [0.2, 0.25) is 5.91 Å². The van der Waals surface area contributed by atoms with Gasteiger partial charge in [0.05, 0.1) is 19.4 Å². The first kappa shape index (κ1) is 14.9. The molecule has 1 atom stereocenters. The molecule has 19 heavy (non-hydrogen) atoms. The van der Waals surface area contributed by atoms with Crippen molar-refractivity contribution in [2.45, 2.75) is 19.3 Å². The molecule has 0 radical (unpaired) electrons. The highest BCUT2D eigenvalue weighted by atomic mass is 19.1. The van der Waals surface area contributed by atoms with E-state index in [2.05, 4.69) is 5.32 Å². The number of amides is 1. The molecular weight excluding hydrogens is 253 g/mol. The summed E-state index contributed by atoms with van der Waals surface area (Å²) in [6.45, 7) is 2.09. The summed E-state index contributed by atoms with van der Waals surface area (Å²) in [5.41, 5.74) is 0.232. The molecule has 1 aromatic rings. The molecule has 0 aliphatic rings. The number of nitrogens with one attached hydrogen (secondary N) is 1. The van der Waals surface area contributed by atoms with Crippen molar-refractivity contribution in [1.29, 1.82) is 0 Å². The monoisotopic (exact) mass is 269 g/mol. The van der Waals surface area contributed by atoms with Crippen LogP contribution in [-0.4, -0.2) is 30.6 Å². The zero-order valence-electron chi connectivity index (χ0n) is 10.8. The van der Waals surface area contributed by atoms with Crippen LogP contribution < -0.4 is 10.1 Å². The molecule has 1 amide bonds. The third-order valence-electron chi connectivity index (χ3n) is 2.61. The second kappa shape index (κ2) is 6.72. The lowest BCUT2D eigenvalue weighted by atomic mass is 9.93. The Labute approximate surface area is 110 Å². The van der Waals surface area contributed by atoms with Crippen molar-refractivity contribution in [3.63, 3.8) is 0 Å². The molecule has 0 saturated carbocycles. The lowest BCUT2D eigenvalue weighted by Gasteiger charge is -2.17. The fraction of sp³-hybridized carbons (Fsp3) is 0.385. The minimum atomic E-state index is -1.14. The number of carbonyl (C=O) groups excluding carboxylic acids is 1. The molecule has 0 fully saturated rings. The number of halogens is 1. The summed E-state index contributed by atoms with van der Waals surface area (Å²) in [6, 6.07) is 3.69. The van der Waals surface area contributed by atoms with Gasteiger partial charge in [-0.2, -0.15) is 0 Å². The summed E-state index contributed by atoms with van der Waals surface area (Å²) >= 11 is 0. The first-order valence-corrected chi connectivity index (χ1v) is 5.82. The van der Waals surface area contributed by atoms with Gasteiger partial charge in [0.1, 0.15) is 11.6 Å². The van der Waals surface area contributed by atoms with Crippen molar-refractivity contribution in [3.05, 3.63) is 29.6 Å². The minimum Gasteiger partial charge on any atom is -0.496 e. The largest absolute Gasteiger partial charge is 0.496 e. The highest BCUT2D eigenvalue weighted by Gasteiger charge is 2.26. The van der Waals surface area contributed by atoms with E-state index in [1.165, 1.54) is 19.2 Å². The van der Waals surface area contributed by atoms with Crippen LogP contribution in [0.15, 0.2) is 18.2 Å². The van der Waals surface area contributed by atoms with E-state index in [1.54, 1.807) is 6.92 Å². The molecule has 0 aromatic heterocycles. The molecule has 0 heterocycles. The van der Waals surface area contributed by atoms with Crippen molar-refractivity contribution in [2.24, 2.45) is 0 Å². The van der Waals surface area contributed by atoms with E-state index in [0.29, 0.717) is 12.3 Å². The molecule has 1 unspecified atom stereocenters. The zero-order valence-corrected chi connectivity index (χ0v) is 10.8. The predicted molar refractivity (Wildman–Crippen MR) is 66.6 cm³/mol. The van der Waals surface area contributed by atoms with Gasteiger partial charge in [-0.05, 0) is 25.1 Å². The summed E-state index contributed by atoms with van der Waals surface area (Å²) in [5, 5.41) is 11.4. The van der Waals surface area contributed by atoms with Gasteiger partial charge in [-0.15, -0.1) is 0 Å². The van der Waals surface area contributed by atoms with E-state index in [9.17, 15) is 14.0 Å². The first-order valence-electron chi connectivity index (χ1n) is 5.82. The van der Waals surface area contributed by atoms with Gasteiger partial charge < -0.3 is 15.2 Å². The molecule has 104 valence electrons. The second-order valence-corrected chi connectivity index (χ2v) is 3.93. The summed E-state index contributed by atoms with van der Waals surface area (Å²) in [4.78, 5) is 22.8. The van der Waals surface area contributed by atoms with E-state index in [-0.39, 0.29) is 5.56 Å². The number of hydrogen-bond acceptors (Lipinski definition) is 3. The average molecular weight is 269 g/mol. The van der Waals surface area contributed by atoms with Crippen LogP contribution in [0, 0.1) is 5.82 Å². The topological polar surface area (TPSA) is 75.6 Å². The fourth-order valence-corrected chi connectivity index (χ4v) is 1.79. The number of carboxylic acids is 1. The Morgan fingerprint density at radius 3 is 2.68 bits per heavy atom. The van der Waals surface area contributed by atoms with Crippen LogP contribution in [0.1, 0.15) is 24.8 Å². The van der Waals surface area contributed by atoms with Gasteiger partial charge in [-0.1, -0.05) is 0 Å². The van der Waals surface area contributed by atoms with Crippen molar-refractivity contribution in [2.75, 3.05) is 13.7 Å². The SMILES string of the molecule is CCNC(=O)C(CC(=O)O)c1cc(F)ccc1OC. The number of carboxylic acid groups (broad SMARTS) is 1. The maximum Gasteiger partial charge on any atom is 0.304 e. The van der Waals surface area contributed by atoms with Gasteiger partial charge in [-0.3, -0.25) is 9.59 Å². The Hall–Kier alpha value is -2.11. The molecular formula is C13H16FNO4. The molecule has 1 aromatic carbocycles. The highest BCUT2D eigenvalue weighted by molar-refractivity contribution is 5.88. The van der Waals surface area contributed by atoms with Crippen molar-refractivity contribution >= 4 is 11.9 Å². The van der Waals surface area contributed by atoms with Gasteiger partial charge in [0, 0.05) is 12.1 Å². The Bertz CT molecular complexity index is 476. The molecule has 0 aliphatic heterocycles. The second-order valence-electron chi connectivity index (χ2n) is 3.93. The number of benzene rings is 1. The predicted octanol–water partition coefficient (Wildman–Crippen LogP) is 1.53. The average Bonchev–Trinajstić information content (AvgIpc) is 2.36. The van der Waals surface area contributed by atoms with E-state index in [4.69, 9.17) is 9.84 Å². The third-order valence-corrected chi connectivity index (χ3v) is 2.61. The molecule has 6 heteroatoms. The Morgan fingerprint density at radius 1 is 1.47 bits per heavy atom. The van der Waals surface area contributed by atoms with Crippen LogP contribution in [0.2, 0.25) is 0 Å². The Balaban J connectivity index is 3.19. The van der Waals surface area contributed by atoms with E-state index >= 15 is 0 Å². The summed E-state index contributed by atoms with van der Waals surface area (Å²) in [6.07, 6.45) is -0.425. The number of aliphatic carboxylic acids is 1. The third kappa shape index (κ3) is 3.94. The highest BCUT2D eigenvalue weighted by Crippen LogP contribution is 2.30. The maximum absolute atomic E-state index is 13.3. The van der Waals surface area contributed by atoms with E-state index in [0.717, 1.165) is 6.07 Å². The van der Waals surface area contributed by atoms with Gasteiger partial charge >= 0.3 is 5.97 Å². The molecule has 0 saturated heterocycles. The number of hydrogen-bond donors (Lipinski definition) is 2. The number of carbonyl (C=O) groups is 2. The first-order chi connectivity index (χ1) is 8.99. The molecule has 0 aliphatic carbocycles. The van der Waals surface area contributed by atoms with E-state index < -0.39 is 30.0 Å². The normalized spacial score (nSPS) is 11.7. The van der Waals surface area contributed by atoms with Gasteiger partial charge in [-0.25, -0.2) is 4.39 Å². The summed E-state index contributed by atoms with van der Waals surface area (Å²) < 4.78 is 18.3. The minimum absolute atomic E-state index is 0.232. The van der Waals surface area contributed by atoms with Crippen LogP contribution in [0.3, 0.4) is 0 Å². The zero-order chi connectivity index (χ0) is 14.4. The summed E-state index contributed by atoms with van der Waals surface area (Å²) in [7, 11) is 1.38. The van der Waals surface area contributed by atoms with Crippen molar-refractivity contribution in [1.82, 2.24) is 5.32 Å². The lowest BCUT2D eigenvalue weighted by Crippen LogP contribution is -2.30. The van der Waals surface area contributed by atoms with Gasteiger partial charge in [0.25, 0.3) is 0 Å². The number of ether oxygens (including phenoxy) is 1. The van der Waals surface area contributed by atoms with Crippen LogP contribution in [0.25, 0.3) is 0 Å². The smallest absolute Gasteiger partial charge is 0.304 e. The van der Waals surface area contributed by atoms with Crippen LogP contribution in [0.5, 0.6) is 5.75 Å². The van der Waals surface area contributed by atoms with Crippen LogP contribution in [0.4, 0.5) is 4.39 Å².